The molecule has 3 rings (SSSR count). The summed E-state index contributed by atoms with van der Waals surface area (Å²) in [6, 6.07) is 8.56. The third-order valence-electron chi connectivity index (χ3n) is 4.02. The van der Waals surface area contributed by atoms with E-state index in [0.717, 1.165) is 12.1 Å². The Balaban J connectivity index is 1.65. The number of nitrogens with one attached hydrogen (secondary N) is 1. The first kappa shape index (κ1) is 20.0. The minimum absolute atomic E-state index is 0.191. The van der Waals surface area contributed by atoms with Crippen molar-refractivity contribution in [2.45, 2.75) is 6.36 Å². The number of anilines is 1. The summed E-state index contributed by atoms with van der Waals surface area (Å²) in [7, 11) is 0. The zero-order valence-corrected chi connectivity index (χ0v) is 15.3. The van der Waals surface area contributed by atoms with Crippen molar-refractivity contribution < 1.29 is 23.1 Å². The van der Waals surface area contributed by atoms with Gasteiger partial charge in [-0.1, -0.05) is 11.6 Å². The van der Waals surface area contributed by atoms with Crippen molar-refractivity contribution in [1.82, 2.24) is 15.4 Å². The second kappa shape index (κ2) is 8.53. The molecule has 0 spiro atoms. The predicted octanol–water partition coefficient (Wildman–Crippen LogP) is 3.42. The Morgan fingerprint density at radius 3 is 2.39 bits per heavy atom. The van der Waals surface area contributed by atoms with Gasteiger partial charge in [0.1, 0.15) is 11.6 Å². The first-order valence-corrected chi connectivity index (χ1v) is 8.68. The number of piperazine rings is 1. The van der Waals surface area contributed by atoms with Crippen molar-refractivity contribution in [2.24, 2.45) is 4.99 Å². The van der Waals surface area contributed by atoms with Crippen LogP contribution in [0.5, 0.6) is 5.75 Å². The van der Waals surface area contributed by atoms with E-state index in [1.54, 1.807) is 18.3 Å². The van der Waals surface area contributed by atoms with Crippen molar-refractivity contribution in [2.75, 3.05) is 31.1 Å². The smallest absolute Gasteiger partial charge is 0.406 e. The van der Waals surface area contributed by atoms with Crippen molar-refractivity contribution in [3.63, 3.8) is 0 Å². The van der Waals surface area contributed by atoms with Gasteiger partial charge in [-0.2, -0.15) is 0 Å². The number of hydroxylamine groups is 1. The molecule has 28 heavy (non-hydrogen) atoms. The third kappa shape index (κ3) is 5.17. The molecule has 1 aromatic heterocycles. The Kier molecular flexibility index (Phi) is 6.10. The third-order valence-corrected chi connectivity index (χ3v) is 4.32. The fourth-order valence-electron chi connectivity index (χ4n) is 2.75. The lowest BCUT2D eigenvalue weighted by Crippen LogP contribution is -2.52. The summed E-state index contributed by atoms with van der Waals surface area (Å²) in [6.07, 6.45) is -3.08. The molecule has 2 N–H and O–H groups in total. The van der Waals surface area contributed by atoms with Gasteiger partial charge in [0.2, 0.25) is 5.96 Å². The van der Waals surface area contributed by atoms with Crippen LogP contribution in [0.15, 0.2) is 47.6 Å². The topological polar surface area (TPSA) is 73.2 Å². The average molecular weight is 416 g/mol. The van der Waals surface area contributed by atoms with Crippen molar-refractivity contribution in [3.8, 4) is 5.75 Å². The molecule has 0 unspecified atom stereocenters. The summed E-state index contributed by atoms with van der Waals surface area (Å²) in [5.41, 5.74) is 2.41. The maximum absolute atomic E-state index is 12.2. The molecule has 1 saturated heterocycles. The fraction of sp³-hybridized carbons (Fsp3) is 0.294. The first-order chi connectivity index (χ1) is 13.4. The number of hydrogen-bond donors (Lipinski definition) is 2. The van der Waals surface area contributed by atoms with Gasteiger partial charge in [0.25, 0.3) is 0 Å². The summed E-state index contributed by atoms with van der Waals surface area (Å²) < 4.78 is 40.5. The number of pyridine rings is 1. The number of guanidine groups is 1. The molecule has 150 valence electrons. The predicted molar refractivity (Wildman–Crippen MR) is 98.2 cm³/mol. The van der Waals surface area contributed by atoms with Gasteiger partial charge in [0, 0.05) is 32.4 Å². The van der Waals surface area contributed by atoms with Crippen LogP contribution in [0.2, 0.25) is 5.02 Å². The Bertz CT molecular complexity index is 824. The summed E-state index contributed by atoms with van der Waals surface area (Å²) >= 11 is 6.17. The molecule has 0 bridgehead atoms. The maximum atomic E-state index is 12.2. The van der Waals surface area contributed by atoms with E-state index in [1.165, 1.54) is 12.1 Å². The molecule has 0 radical (unpaired) electrons. The van der Waals surface area contributed by atoms with E-state index in [2.05, 4.69) is 14.7 Å². The number of benzene rings is 1. The Morgan fingerprint density at radius 1 is 1.14 bits per heavy atom. The number of halogens is 4. The number of alkyl halides is 3. The van der Waals surface area contributed by atoms with Gasteiger partial charge in [-0.25, -0.2) is 15.5 Å². The quantitative estimate of drug-likeness (QED) is 0.454. The molecule has 0 saturated carbocycles. The van der Waals surface area contributed by atoms with Crippen LogP contribution in [0.25, 0.3) is 0 Å². The highest BCUT2D eigenvalue weighted by Crippen LogP contribution is 2.26. The van der Waals surface area contributed by atoms with Gasteiger partial charge in [-0.05, 0) is 36.4 Å². The van der Waals surface area contributed by atoms with E-state index in [-0.39, 0.29) is 11.7 Å². The van der Waals surface area contributed by atoms with Crippen LogP contribution >= 0.6 is 11.6 Å². The molecule has 0 aliphatic carbocycles. The van der Waals surface area contributed by atoms with Gasteiger partial charge < -0.3 is 14.5 Å². The first-order valence-electron chi connectivity index (χ1n) is 8.31. The fourth-order valence-corrected chi connectivity index (χ4v) is 2.99. The van der Waals surface area contributed by atoms with Crippen LogP contribution in [0.3, 0.4) is 0 Å². The minimum Gasteiger partial charge on any atom is -0.406 e. The summed E-state index contributed by atoms with van der Waals surface area (Å²) in [5, 5.41) is 9.99. The van der Waals surface area contributed by atoms with Gasteiger partial charge in [-0.15, -0.1) is 13.2 Å². The molecular weight excluding hydrogens is 399 g/mol. The highest BCUT2D eigenvalue weighted by atomic mass is 35.5. The number of hydrogen-bond acceptors (Lipinski definition) is 5. The van der Waals surface area contributed by atoms with Gasteiger partial charge in [0.15, 0.2) is 0 Å². The highest BCUT2D eigenvalue weighted by Gasteiger charge is 2.31. The van der Waals surface area contributed by atoms with Crippen LogP contribution in [0.1, 0.15) is 0 Å². The maximum Gasteiger partial charge on any atom is 0.573 e. The molecule has 11 heteroatoms. The molecular formula is C17H17ClF3N5O2. The Morgan fingerprint density at radius 2 is 1.82 bits per heavy atom. The van der Waals surface area contributed by atoms with Gasteiger partial charge >= 0.3 is 6.36 Å². The lowest BCUT2D eigenvalue weighted by molar-refractivity contribution is -0.274. The summed E-state index contributed by atoms with van der Waals surface area (Å²) in [4.78, 5) is 12.4. The zero-order valence-electron chi connectivity index (χ0n) is 14.5. The molecule has 2 aromatic rings. The minimum atomic E-state index is -4.75. The van der Waals surface area contributed by atoms with Crippen LogP contribution in [0.4, 0.5) is 24.7 Å². The summed E-state index contributed by atoms with van der Waals surface area (Å²) in [5.74, 6) is 0.543. The van der Waals surface area contributed by atoms with Crippen molar-refractivity contribution in [1.29, 1.82) is 0 Å². The largest absolute Gasteiger partial charge is 0.573 e. The summed E-state index contributed by atoms with van der Waals surface area (Å²) in [6.45, 7) is 2.29. The van der Waals surface area contributed by atoms with Crippen LogP contribution in [-0.4, -0.2) is 53.6 Å². The molecule has 7 nitrogen and oxygen atoms in total. The molecule has 1 aliphatic rings. The lowest BCUT2D eigenvalue weighted by Gasteiger charge is -2.36. The normalized spacial score (nSPS) is 15.5. The Labute approximate surface area is 164 Å². The molecule has 1 fully saturated rings. The van der Waals surface area contributed by atoms with Crippen LogP contribution < -0.4 is 15.1 Å². The number of aliphatic imine (C=N–C) groups is 1. The van der Waals surface area contributed by atoms with Crippen molar-refractivity contribution >= 4 is 29.1 Å². The van der Waals surface area contributed by atoms with E-state index in [9.17, 15) is 18.4 Å². The number of aromatic nitrogens is 1. The zero-order chi connectivity index (χ0) is 20.1. The van der Waals surface area contributed by atoms with E-state index in [4.69, 9.17) is 11.6 Å². The molecule has 1 aromatic carbocycles. The molecule has 2 heterocycles. The van der Waals surface area contributed by atoms with Crippen molar-refractivity contribution in [3.05, 3.63) is 47.6 Å². The monoisotopic (exact) mass is 415 g/mol. The van der Waals surface area contributed by atoms with E-state index in [1.807, 2.05) is 15.3 Å². The second-order valence-corrected chi connectivity index (χ2v) is 6.28. The SMILES string of the molecule is ONC(=Nc1ccc(OC(F)(F)F)cc1)N1CCN(c2ncccc2Cl)CC1. The number of ether oxygens (including phenoxy) is 1. The second-order valence-electron chi connectivity index (χ2n) is 5.87. The molecule has 0 atom stereocenters. The molecule has 0 amide bonds. The van der Waals surface area contributed by atoms with Gasteiger partial charge in [0.05, 0.1) is 10.7 Å². The number of nitrogens with zero attached hydrogens (tertiary/aromatic N) is 4. The van der Waals surface area contributed by atoms with E-state index in [0.29, 0.717) is 42.7 Å². The molecule has 1 aliphatic heterocycles. The standard InChI is InChI=1S/C17H17ClF3N5O2/c18-14-2-1-7-22-15(14)25-8-10-26(11-9-25)16(24-27)23-12-3-5-13(6-4-12)28-17(19,20)21/h1-7,27H,8-11H2,(H,23,24). The van der Waals surface area contributed by atoms with E-state index >= 15 is 0 Å². The Hall–Kier alpha value is -2.72. The average Bonchev–Trinajstić information content (AvgIpc) is 2.67. The van der Waals surface area contributed by atoms with Crippen LogP contribution in [0, 0.1) is 0 Å². The lowest BCUT2D eigenvalue weighted by atomic mass is 10.3. The van der Waals surface area contributed by atoms with E-state index < -0.39 is 6.36 Å². The highest BCUT2D eigenvalue weighted by molar-refractivity contribution is 6.32. The van der Waals surface area contributed by atoms with Gasteiger partial charge in [-0.3, -0.25) is 5.21 Å². The number of rotatable bonds is 3. The van der Waals surface area contributed by atoms with Crippen LogP contribution in [-0.2, 0) is 0 Å².